The van der Waals surface area contributed by atoms with Crippen molar-refractivity contribution in [2.24, 2.45) is 11.7 Å². The van der Waals surface area contributed by atoms with Crippen molar-refractivity contribution in [1.82, 2.24) is 10.1 Å². The van der Waals surface area contributed by atoms with Crippen LogP contribution in [0.5, 0.6) is 11.5 Å². The Bertz CT molecular complexity index is 704. The predicted octanol–water partition coefficient (Wildman–Crippen LogP) is 3.47. The summed E-state index contributed by atoms with van der Waals surface area (Å²) in [5.74, 6) is 2.51. The minimum Gasteiger partial charge on any atom is -0.493 e. The highest BCUT2D eigenvalue weighted by Gasteiger charge is 2.24. The van der Waals surface area contributed by atoms with Gasteiger partial charge in [-0.1, -0.05) is 29.6 Å². The third-order valence-corrected chi connectivity index (χ3v) is 4.85. The van der Waals surface area contributed by atoms with Crippen LogP contribution in [0, 0.1) is 5.92 Å². The van der Waals surface area contributed by atoms with Crippen LogP contribution in [0.4, 0.5) is 0 Å². The fourth-order valence-corrected chi connectivity index (χ4v) is 3.50. The molecule has 1 fully saturated rings. The van der Waals surface area contributed by atoms with Gasteiger partial charge in [-0.25, -0.2) is 0 Å². The predicted molar refractivity (Wildman–Crippen MR) is 91.5 cm³/mol. The molecule has 6 nitrogen and oxygen atoms in total. The molecule has 1 aromatic carbocycles. The molecule has 2 N–H and O–H groups in total. The molecule has 7 heteroatoms. The Morgan fingerprint density at radius 3 is 2.75 bits per heavy atom. The van der Waals surface area contributed by atoms with Crippen LogP contribution in [0.15, 0.2) is 16.7 Å². The van der Waals surface area contributed by atoms with E-state index in [9.17, 15) is 0 Å². The first-order valence-electron chi connectivity index (χ1n) is 8.12. The van der Waals surface area contributed by atoms with Crippen LogP contribution in [0.1, 0.15) is 31.6 Å². The molecule has 0 spiro atoms. The van der Waals surface area contributed by atoms with Gasteiger partial charge in [0.1, 0.15) is 0 Å². The lowest BCUT2D eigenvalue weighted by Gasteiger charge is -2.27. The molecule has 0 aliphatic heterocycles. The molecule has 2 atom stereocenters. The summed E-state index contributed by atoms with van der Waals surface area (Å²) in [6, 6.07) is 3.74. The fourth-order valence-electron chi connectivity index (χ4n) is 3.22. The zero-order valence-electron chi connectivity index (χ0n) is 13.9. The van der Waals surface area contributed by atoms with Crippen LogP contribution >= 0.6 is 11.6 Å². The standard InChI is InChI=1S/C17H22ClN3O3/c1-22-14-8-11(7-12(18)16(14)23-2)17-20-15(24-21-17)9-10-5-3-4-6-13(10)19/h7-8,10,13H,3-6,9,19H2,1-2H3. The zero-order valence-corrected chi connectivity index (χ0v) is 14.7. The van der Waals surface area contributed by atoms with E-state index in [0.717, 1.165) is 24.8 Å². The molecule has 1 heterocycles. The molecule has 2 aromatic rings. The lowest BCUT2D eigenvalue weighted by molar-refractivity contribution is 0.273. The van der Waals surface area contributed by atoms with Crippen molar-refractivity contribution in [3.8, 4) is 22.9 Å². The van der Waals surface area contributed by atoms with E-state index in [1.807, 2.05) is 0 Å². The summed E-state index contributed by atoms with van der Waals surface area (Å²) >= 11 is 6.24. The number of ether oxygens (including phenoxy) is 2. The molecular weight excluding hydrogens is 330 g/mol. The van der Waals surface area contributed by atoms with Crippen molar-refractivity contribution >= 4 is 11.6 Å². The molecule has 0 saturated heterocycles. The highest BCUT2D eigenvalue weighted by atomic mass is 35.5. The number of hydrogen-bond donors (Lipinski definition) is 1. The first kappa shape index (κ1) is 17.0. The number of nitrogens with zero attached hydrogens (tertiary/aromatic N) is 2. The average Bonchev–Trinajstić information content (AvgIpc) is 3.04. The zero-order chi connectivity index (χ0) is 17.1. The molecule has 1 saturated carbocycles. The fraction of sp³-hybridized carbons (Fsp3) is 0.529. The van der Waals surface area contributed by atoms with Crippen LogP contribution in [-0.4, -0.2) is 30.4 Å². The van der Waals surface area contributed by atoms with Crippen LogP contribution < -0.4 is 15.2 Å². The average molecular weight is 352 g/mol. The molecule has 0 radical (unpaired) electrons. The van der Waals surface area contributed by atoms with Crippen LogP contribution in [0.2, 0.25) is 5.02 Å². The summed E-state index contributed by atoms with van der Waals surface area (Å²) in [5.41, 5.74) is 6.92. The Morgan fingerprint density at radius 2 is 2.04 bits per heavy atom. The Hall–Kier alpha value is -1.79. The van der Waals surface area contributed by atoms with Gasteiger partial charge in [0.2, 0.25) is 11.7 Å². The Labute approximate surface area is 146 Å². The summed E-state index contributed by atoms with van der Waals surface area (Å²) in [4.78, 5) is 4.49. The summed E-state index contributed by atoms with van der Waals surface area (Å²) < 4.78 is 16.0. The second-order valence-corrected chi connectivity index (χ2v) is 6.53. The maximum Gasteiger partial charge on any atom is 0.227 e. The second kappa shape index (κ2) is 7.40. The van der Waals surface area contributed by atoms with Gasteiger partial charge in [-0.3, -0.25) is 0 Å². The number of halogens is 1. The van der Waals surface area contributed by atoms with Gasteiger partial charge in [-0.15, -0.1) is 0 Å². The van der Waals surface area contributed by atoms with Crippen molar-refractivity contribution < 1.29 is 14.0 Å². The molecule has 1 aliphatic rings. The van der Waals surface area contributed by atoms with Crippen molar-refractivity contribution in [2.45, 2.75) is 38.1 Å². The van der Waals surface area contributed by atoms with Gasteiger partial charge in [0.15, 0.2) is 11.5 Å². The van der Waals surface area contributed by atoms with Gasteiger partial charge < -0.3 is 19.7 Å². The summed E-state index contributed by atoms with van der Waals surface area (Å²) in [7, 11) is 3.10. The van der Waals surface area contributed by atoms with Gasteiger partial charge >= 0.3 is 0 Å². The van der Waals surface area contributed by atoms with Gasteiger partial charge in [0, 0.05) is 18.0 Å². The highest BCUT2D eigenvalue weighted by Crippen LogP contribution is 2.38. The second-order valence-electron chi connectivity index (χ2n) is 6.12. The molecule has 24 heavy (non-hydrogen) atoms. The van der Waals surface area contributed by atoms with Crippen LogP contribution in [0.3, 0.4) is 0 Å². The monoisotopic (exact) mass is 351 g/mol. The number of hydrogen-bond acceptors (Lipinski definition) is 6. The summed E-state index contributed by atoms with van der Waals surface area (Å²) in [6.45, 7) is 0. The molecule has 2 unspecified atom stereocenters. The van der Waals surface area contributed by atoms with Crippen molar-refractivity contribution in [3.05, 3.63) is 23.0 Å². The Morgan fingerprint density at radius 1 is 1.25 bits per heavy atom. The molecule has 3 rings (SSSR count). The van der Waals surface area contributed by atoms with Crippen molar-refractivity contribution in [3.63, 3.8) is 0 Å². The van der Waals surface area contributed by atoms with Crippen molar-refractivity contribution in [2.75, 3.05) is 14.2 Å². The quantitative estimate of drug-likeness (QED) is 0.888. The van der Waals surface area contributed by atoms with E-state index in [2.05, 4.69) is 10.1 Å². The van der Waals surface area contributed by atoms with Gasteiger partial charge in [-0.2, -0.15) is 4.98 Å². The molecule has 1 aromatic heterocycles. The normalized spacial score (nSPS) is 20.8. The Kier molecular flexibility index (Phi) is 5.26. The minimum atomic E-state index is 0.213. The van der Waals surface area contributed by atoms with E-state index in [0.29, 0.717) is 34.2 Å². The topological polar surface area (TPSA) is 83.4 Å². The number of methoxy groups -OCH3 is 2. The van der Waals surface area contributed by atoms with Crippen LogP contribution in [0.25, 0.3) is 11.4 Å². The number of rotatable bonds is 5. The smallest absolute Gasteiger partial charge is 0.227 e. The largest absolute Gasteiger partial charge is 0.493 e. The molecule has 0 bridgehead atoms. The van der Waals surface area contributed by atoms with E-state index >= 15 is 0 Å². The van der Waals surface area contributed by atoms with Crippen molar-refractivity contribution in [1.29, 1.82) is 0 Å². The maximum absolute atomic E-state index is 6.24. The molecule has 0 amide bonds. The Balaban J connectivity index is 1.81. The number of nitrogens with two attached hydrogens (primary N) is 1. The third kappa shape index (κ3) is 3.49. The number of benzene rings is 1. The minimum absolute atomic E-state index is 0.213. The van der Waals surface area contributed by atoms with E-state index in [4.69, 9.17) is 31.3 Å². The van der Waals surface area contributed by atoms with Gasteiger partial charge in [0.25, 0.3) is 0 Å². The third-order valence-electron chi connectivity index (χ3n) is 4.56. The molecular formula is C17H22ClN3O3. The lowest BCUT2D eigenvalue weighted by Crippen LogP contribution is -2.34. The first-order valence-corrected chi connectivity index (χ1v) is 8.50. The first-order chi connectivity index (χ1) is 11.6. The summed E-state index contributed by atoms with van der Waals surface area (Å²) in [5, 5.41) is 4.50. The molecule has 1 aliphatic carbocycles. The van der Waals surface area contributed by atoms with E-state index < -0.39 is 0 Å². The van der Waals surface area contributed by atoms with E-state index in [1.54, 1.807) is 26.4 Å². The SMILES string of the molecule is COc1cc(-c2noc(CC3CCCCC3N)n2)cc(Cl)c1OC. The van der Waals surface area contributed by atoms with E-state index in [-0.39, 0.29) is 6.04 Å². The van der Waals surface area contributed by atoms with E-state index in [1.165, 1.54) is 12.8 Å². The molecule has 130 valence electrons. The van der Waals surface area contributed by atoms with Crippen LogP contribution in [-0.2, 0) is 6.42 Å². The maximum atomic E-state index is 6.24. The number of aromatic nitrogens is 2. The van der Waals surface area contributed by atoms with Gasteiger partial charge in [0.05, 0.1) is 19.2 Å². The van der Waals surface area contributed by atoms with Gasteiger partial charge in [-0.05, 0) is 30.9 Å². The lowest BCUT2D eigenvalue weighted by atomic mass is 9.83. The highest BCUT2D eigenvalue weighted by molar-refractivity contribution is 6.32. The summed E-state index contributed by atoms with van der Waals surface area (Å²) in [6.07, 6.45) is 5.31.